The van der Waals surface area contributed by atoms with Gasteiger partial charge in [0.05, 0.1) is 10.5 Å². The molecule has 2 aromatic carbocycles. The zero-order valence-corrected chi connectivity index (χ0v) is 11.6. The van der Waals surface area contributed by atoms with Gasteiger partial charge in [0.25, 0.3) is 9.84 Å². The lowest BCUT2D eigenvalue weighted by Crippen LogP contribution is -2.11. The normalized spacial score (nSPS) is 12.7. The second-order valence-electron chi connectivity index (χ2n) is 4.39. The number of rotatable bonds is 3. The van der Waals surface area contributed by atoms with Crippen molar-refractivity contribution in [2.45, 2.75) is 17.2 Å². The second kappa shape index (κ2) is 5.43. The molecule has 0 saturated heterocycles. The van der Waals surface area contributed by atoms with Crippen LogP contribution in [0.5, 0.6) is 0 Å². The molecule has 0 spiro atoms. The molecule has 3 nitrogen and oxygen atoms in total. The standard InChI is InChI=1S/C15H12FNO2S/c1-11-6-8-14(9-7-11)20(18,19)15(17-2)12-4-3-5-13(16)10-12/h3-10,15H,1H3/t15-/m0/s1. The van der Waals surface area contributed by atoms with Crippen LogP contribution in [0.15, 0.2) is 53.4 Å². The van der Waals surface area contributed by atoms with Gasteiger partial charge in [0, 0.05) is 0 Å². The zero-order chi connectivity index (χ0) is 14.8. The van der Waals surface area contributed by atoms with E-state index in [1.165, 1.54) is 30.3 Å². The number of aryl methyl sites for hydroxylation is 1. The molecule has 0 radical (unpaired) electrons. The first-order valence-corrected chi connectivity index (χ1v) is 7.42. The Bertz CT molecular complexity index is 761. The summed E-state index contributed by atoms with van der Waals surface area (Å²) in [7, 11) is -3.86. The van der Waals surface area contributed by atoms with Gasteiger partial charge in [-0.15, -0.1) is 0 Å². The third-order valence-electron chi connectivity index (χ3n) is 2.89. The molecule has 0 unspecified atom stereocenters. The molecule has 0 saturated carbocycles. The van der Waals surface area contributed by atoms with E-state index < -0.39 is 21.0 Å². The fourth-order valence-corrected chi connectivity index (χ4v) is 3.26. The Morgan fingerprint density at radius 2 is 1.80 bits per heavy atom. The maximum Gasteiger partial charge on any atom is 0.350 e. The van der Waals surface area contributed by atoms with Crippen molar-refractivity contribution in [2.24, 2.45) is 0 Å². The fourth-order valence-electron chi connectivity index (χ4n) is 1.84. The Balaban J connectivity index is 2.51. The van der Waals surface area contributed by atoms with Crippen LogP contribution in [0.4, 0.5) is 4.39 Å². The molecule has 1 atom stereocenters. The molecule has 2 rings (SSSR count). The van der Waals surface area contributed by atoms with E-state index in [4.69, 9.17) is 6.57 Å². The fraction of sp³-hybridized carbons (Fsp3) is 0.133. The van der Waals surface area contributed by atoms with Gasteiger partial charge >= 0.3 is 5.37 Å². The van der Waals surface area contributed by atoms with Crippen molar-refractivity contribution in [1.82, 2.24) is 0 Å². The quantitative estimate of drug-likeness (QED) is 0.811. The van der Waals surface area contributed by atoms with Gasteiger partial charge in [-0.2, -0.15) is 0 Å². The summed E-state index contributed by atoms with van der Waals surface area (Å²) < 4.78 is 38.1. The molecule has 0 bridgehead atoms. The number of hydrogen-bond donors (Lipinski definition) is 0. The van der Waals surface area contributed by atoms with E-state index in [-0.39, 0.29) is 10.5 Å². The molecule has 2 aromatic rings. The SMILES string of the molecule is [C-]#[N+][C@H](c1cccc(F)c1)S(=O)(=O)c1ccc(C)cc1. The van der Waals surface area contributed by atoms with Crippen molar-refractivity contribution in [3.05, 3.63) is 76.9 Å². The van der Waals surface area contributed by atoms with Crippen LogP contribution in [0.25, 0.3) is 4.85 Å². The minimum absolute atomic E-state index is 0.0633. The topological polar surface area (TPSA) is 38.5 Å². The first-order chi connectivity index (χ1) is 9.45. The monoisotopic (exact) mass is 289 g/mol. The van der Waals surface area contributed by atoms with Gasteiger partial charge in [0.1, 0.15) is 5.82 Å². The molecule has 0 aliphatic heterocycles. The first kappa shape index (κ1) is 14.2. The Hall–Kier alpha value is -2.19. The molecule has 20 heavy (non-hydrogen) atoms. The molecule has 0 aliphatic carbocycles. The molecular weight excluding hydrogens is 277 g/mol. The van der Waals surface area contributed by atoms with E-state index in [0.717, 1.165) is 11.6 Å². The molecule has 0 aromatic heterocycles. The number of hydrogen-bond acceptors (Lipinski definition) is 2. The van der Waals surface area contributed by atoms with E-state index in [2.05, 4.69) is 4.85 Å². The van der Waals surface area contributed by atoms with Crippen molar-refractivity contribution in [2.75, 3.05) is 0 Å². The molecule has 102 valence electrons. The molecule has 0 amide bonds. The highest BCUT2D eigenvalue weighted by molar-refractivity contribution is 7.91. The van der Waals surface area contributed by atoms with Crippen LogP contribution >= 0.6 is 0 Å². The average molecular weight is 289 g/mol. The minimum atomic E-state index is -3.86. The van der Waals surface area contributed by atoms with E-state index in [1.54, 1.807) is 12.1 Å². The third-order valence-corrected chi connectivity index (χ3v) is 4.79. The third kappa shape index (κ3) is 2.70. The summed E-state index contributed by atoms with van der Waals surface area (Å²) in [6, 6.07) is 11.4. The highest BCUT2D eigenvalue weighted by atomic mass is 32.2. The van der Waals surface area contributed by atoms with Gasteiger partial charge < -0.3 is 0 Å². The van der Waals surface area contributed by atoms with Crippen LogP contribution < -0.4 is 0 Å². The molecule has 0 heterocycles. The number of halogens is 1. The molecule has 5 heteroatoms. The Morgan fingerprint density at radius 1 is 1.15 bits per heavy atom. The van der Waals surface area contributed by atoms with E-state index in [9.17, 15) is 12.8 Å². The predicted octanol–water partition coefficient (Wildman–Crippen LogP) is 3.53. The summed E-state index contributed by atoms with van der Waals surface area (Å²) >= 11 is 0. The van der Waals surface area contributed by atoms with Crippen LogP contribution in [0, 0.1) is 19.3 Å². The van der Waals surface area contributed by atoms with Crippen LogP contribution in [-0.4, -0.2) is 8.42 Å². The zero-order valence-electron chi connectivity index (χ0n) is 10.7. The number of sulfone groups is 1. The van der Waals surface area contributed by atoms with Gasteiger partial charge in [0.2, 0.25) is 0 Å². The summed E-state index contributed by atoms with van der Waals surface area (Å²) in [6.07, 6.45) is 0. The van der Waals surface area contributed by atoms with Gasteiger partial charge in [-0.1, -0.05) is 23.8 Å². The lowest BCUT2D eigenvalue weighted by molar-refractivity contribution is 0.589. The van der Waals surface area contributed by atoms with E-state index in [1.807, 2.05) is 6.92 Å². The van der Waals surface area contributed by atoms with Gasteiger partial charge in [-0.05, 0) is 37.3 Å². The van der Waals surface area contributed by atoms with Crippen LogP contribution in [-0.2, 0) is 9.84 Å². The Kier molecular flexibility index (Phi) is 3.86. The van der Waals surface area contributed by atoms with E-state index >= 15 is 0 Å². The van der Waals surface area contributed by atoms with Gasteiger partial charge in [-0.25, -0.2) is 19.4 Å². The summed E-state index contributed by atoms with van der Waals surface area (Å²) in [5.41, 5.74) is 1.06. The van der Waals surface area contributed by atoms with Crippen molar-refractivity contribution < 1.29 is 12.8 Å². The highest BCUT2D eigenvalue weighted by Crippen LogP contribution is 2.30. The molecule has 0 N–H and O–H groups in total. The average Bonchev–Trinajstić information content (AvgIpc) is 2.40. The summed E-state index contributed by atoms with van der Waals surface area (Å²) in [4.78, 5) is 3.23. The van der Waals surface area contributed by atoms with Crippen molar-refractivity contribution >= 4 is 9.84 Å². The maximum absolute atomic E-state index is 13.2. The smallest absolute Gasteiger partial charge is 0.291 e. The lowest BCUT2D eigenvalue weighted by Gasteiger charge is -2.08. The largest absolute Gasteiger partial charge is 0.350 e. The highest BCUT2D eigenvalue weighted by Gasteiger charge is 2.34. The summed E-state index contributed by atoms with van der Waals surface area (Å²) in [6.45, 7) is 8.98. The molecular formula is C15H12FNO2S. The molecule has 0 fully saturated rings. The number of nitrogens with zero attached hydrogens (tertiary/aromatic N) is 1. The van der Waals surface area contributed by atoms with Crippen LogP contribution in [0.3, 0.4) is 0 Å². The predicted molar refractivity (Wildman–Crippen MR) is 74.1 cm³/mol. The van der Waals surface area contributed by atoms with Crippen molar-refractivity contribution in [3.8, 4) is 0 Å². The maximum atomic E-state index is 13.2. The Labute approximate surface area is 117 Å². The van der Waals surface area contributed by atoms with E-state index in [0.29, 0.717) is 0 Å². The molecule has 0 aliphatic rings. The van der Waals surface area contributed by atoms with Gasteiger partial charge in [-0.3, -0.25) is 4.85 Å². The summed E-state index contributed by atoms with van der Waals surface area (Å²) in [5.74, 6) is -0.560. The second-order valence-corrected chi connectivity index (χ2v) is 6.40. The van der Waals surface area contributed by atoms with Crippen molar-refractivity contribution in [3.63, 3.8) is 0 Å². The Morgan fingerprint density at radius 3 is 2.35 bits per heavy atom. The van der Waals surface area contributed by atoms with Crippen molar-refractivity contribution in [1.29, 1.82) is 0 Å². The minimum Gasteiger partial charge on any atom is -0.291 e. The van der Waals surface area contributed by atoms with Crippen LogP contribution in [0.2, 0.25) is 0 Å². The van der Waals surface area contributed by atoms with Crippen LogP contribution in [0.1, 0.15) is 16.5 Å². The summed E-state index contributed by atoms with van der Waals surface area (Å²) in [5, 5.41) is -1.43. The lowest BCUT2D eigenvalue weighted by atomic mass is 10.2. The van der Waals surface area contributed by atoms with Gasteiger partial charge in [0.15, 0.2) is 0 Å². The first-order valence-electron chi connectivity index (χ1n) is 5.88. The number of benzene rings is 2.